The molecule has 6 atom stereocenters. The van der Waals surface area contributed by atoms with Crippen molar-refractivity contribution < 1.29 is 57.4 Å². The van der Waals surface area contributed by atoms with Gasteiger partial charge in [-0.15, -0.1) is 0 Å². The van der Waals surface area contributed by atoms with Gasteiger partial charge < -0.3 is 30.2 Å². The first-order valence-corrected chi connectivity index (χ1v) is 33.3. The molecule has 472 valence electrons. The van der Waals surface area contributed by atoms with Crippen LogP contribution in [0.3, 0.4) is 0 Å². The Hall–Kier alpha value is -7.63. The zero-order chi connectivity index (χ0) is 64.8. The van der Waals surface area contributed by atoms with E-state index in [-0.39, 0.29) is 42.0 Å². The number of rotatable bonds is 36. The van der Waals surface area contributed by atoms with E-state index in [0.29, 0.717) is 80.6 Å². The Bertz CT molecular complexity index is 2970. The summed E-state index contributed by atoms with van der Waals surface area (Å²) in [6.07, 6.45) is 7.88. The molecule has 0 fully saturated rings. The lowest BCUT2D eigenvalue weighted by molar-refractivity contribution is -0.147. The molecule has 0 saturated carbocycles. The number of ketones is 3. The third-order valence-electron chi connectivity index (χ3n) is 13.7. The second-order valence-corrected chi connectivity index (χ2v) is 25.5. The summed E-state index contributed by atoms with van der Waals surface area (Å²) in [6.45, 7) is 9.67. The molecular formula is C67H85N6O12PS2. The van der Waals surface area contributed by atoms with Crippen molar-refractivity contribution in [2.24, 2.45) is 28.8 Å². The van der Waals surface area contributed by atoms with Crippen molar-refractivity contribution in [3.05, 3.63) is 167 Å². The number of hydrogen-bond donors (Lipinski definition) is 3. The summed E-state index contributed by atoms with van der Waals surface area (Å²) in [5, 5.41) is 14.5. The Morgan fingerprint density at radius 1 is 0.602 bits per heavy atom. The van der Waals surface area contributed by atoms with Crippen LogP contribution in [0.1, 0.15) is 101 Å². The minimum absolute atomic E-state index is 0.0119. The summed E-state index contributed by atoms with van der Waals surface area (Å²) in [5.74, 6) is -1.25. The number of carbonyl (C=O) groups excluding carboxylic acids is 9. The smallest absolute Gasteiger partial charge is 0.334 e. The standard InChI is InChI=1S/C27H28NO4PS.C23H34N2O5S.C17H23N3O3/c1-3-25(30)23-15-14-20(32-27(31)24(28-19-29)16-17-34-2)18-26(23)33(21-10-6-4-7-11-21)22-12-8-5-9-13-22;1-16(2)12-20(25-22(28)19(24-15-26)10-11-31-4)21(27)14-18(23(29)30-3)13-17-8-6-5-7-9-17;1-12(2)9-15(19-20-18)16(21)11-14(17(22)23-3)10-13-7-5-4-6-8-13/h4-15,18-19,24H,3,16-17H2,1-2H3,(H,28,29);5-9,15-16,18-20H,10-14H2,1-4H3,(H,24,26)(H,25,28);4-8,12,14-15H,9-11H2,1-3H3/t;;14-,15+/m..1/s1. The number of thioether (sulfide) groups is 2. The van der Waals surface area contributed by atoms with E-state index >= 15 is 0 Å². The molecule has 5 rings (SSSR count). The van der Waals surface area contributed by atoms with Gasteiger partial charge in [-0.25, -0.2) is 4.79 Å². The molecule has 0 bridgehead atoms. The summed E-state index contributed by atoms with van der Waals surface area (Å²) < 4.78 is 15.4. The van der Waals surface area contributed by atoms with Crippen LogP contribution in [-0.4, -0.2) is 116 Å². The Labute approximate surface area is 527 Å². The molecule has 0 aliphatic heterocycles. The highest BCUT2D eigenvalue weighted by Crippen LogP contribution is 2.36. The average molecular weight is 1260 g/mol. The van der Waals surface area contributed by atoms with Gasteiger partial charge in [-0.05, 0) is 133 Å². The lowest BCUT2D eigenvalue weighted by Gasteiger charge is -2.24. The van der Waals surface area contributed by atoms with E-state index in [1.54, 1.807) is 41.7 Å². The van der Waals surface area contributed by atoms with E-state index < -0.39 is 67.7 Å². The average Bonchev–Trinajstić information content (AvgIpc) is 2.09. The second-order valence-electron chi connectivity index (χ2n) is 21.3. The number of methoxy groups -OCH3 is 2. The van der Waals surface area contributed by atoms with Crippen molar-refractivity contribution in [2.75, 3.05) is 38.2 Å². The number of nitrogens with zero attached hydrogens (tertiary/aromatic N) is 3. The van der Waals surface area contributed by atoms with Gasteiger partial charge >= 0.3 is 17.9 Å². The zero-order valence-electron chi connectivity index (χ0n) is 51.8. The molecule has 21 heteroatoms. The molecular weight excluding hydrogens is 1180 g/mol. The fourth-order valence-corrected chi connectivity index (χ4v) is 12.7. The van der Waals surface area contributed by atoms with Crippen LogP contribution in [0.4, 0.5) is 0 Å². The molecule has 5 aromatic carbocycles. The third-order valence-corrected chi connectivity index (χ3v) is 17.5. The first-order valence-electron chi connectivity index (χ1n) is 29.2. The molecule has 0 aliphatic rings. The van der Waals surface area contributed by atoms with Gasteiger partial charge in [-0.2, -0.15) is 23.5 Å². The third kappa shape index (κ3) is 26.8. The van der Waals surface area contributed by atoms with Gasteiger partial charge in [0.05, 0.1) is 38.1 Å². The predicted molar refractivity (Wildman–Crippen MR) is 352 cm³/mol. The van der Waals surface area contributed by atoms with E-state index in [9.17, 15) is 43.2 Å². The van der Waals surface area contributed by atoms with Crippen molar-refractivity contribution in [3.8, 4) is 5.75 Å². The predicted octanol–water partition coefficient (Wildman–Crippen LogP) is 9.89. The summed E-state index contributed by atoms with van der Waals surface area (Å²) in [4.78, 5) is 113. The van der Waals surface area contributed by atoms with Crippen molar-refractivity contribution >= 4 is 101 Å². The topological polar surface area (TPSA) is 266 Å². The zero-order valence-corrected chi connectivity index (χ0v) is 54.4. The molecule has 0 aliphatic carbocycles. The molecule has 5 aromatic rings. The van der Waals surface area contributed by atoms with E-state index in [1.807, 2.05) is 144 Å². The Morgan fingerprint density at radius 2 is 1.06 bits per heavy atom. The summed E-state index contributed by atoms with van der Waals surface area (Å²) in [7, 11) is 1.55. The maximum Gasteiger partial charge on any atom is 0.334 e. The van der Waals surface area contributed by atoms with Crippen LogP contribution in [0.5, 0.6) is 5.75 Å². The van der Waals surface area contributed by atoms with Gasteiger partial charge in [-0.1, -0.05) is 161 Å². The number of benzene rings is 5. The van der Waals surface area contributed by atoms with E-state index in [2.05, 4.69) is 50.2 Å². The van der Waals surface area contributed by atoms with Crippen molar-refractivity contribution in [1.82, 2.24) is 16.0 Å². The number of carbonyl (C=O) groups is 9. The van der Waals surface area contributed by atoms with Gasteiger partial charge in [0.25, 0.3) is 0 Å². The number of ether oxygens (including phenoxy) is 3. The highest BCUT2D eigenvalue weighted by atomic mass is 32.2. The van der Waals surface area contributed by atoms with Gasteiger partial charge in [0.2, 0.25) is 18.7 Å². The summed E-state index contributed by atoms with van der Waals surface area (Å²) in [5.41, 5.74) is 11.2. The van der Waals surface area contributed by atoms with Crippen LogP contribution >= 0.6 is 31.4 Å². The highest BCUT2D eigenvalue weighted by Gasteiger charge is 2.32. The van der Waals surface area contributed by atoms with E-state index in [0.717, 1.165) is 27.0 Å². The maximum absolute atomic E-state index is 13.1. The number of esters is 3. The minimum atomic E-state index is -1.06. The lowest BCUT2D eigenvalue weighted by Crippen LogP contribution is -2.51. The SMILES string of the molecule is CCC(=O)c1ccc(OC(=O)C(CCSC)NC=O)cc1P(c1ccccc1)c1ccccc1.COC(=O)C(CC(=O)C(CC(C)C)NC(=O)C(CCSC)NC=O)Cc1ccccc1.COC(=O)[C@@H](CC(=O)[C@H](CC(C)C)N=[N+]=[N-])Cc1ccccc1. The lowest BCUT2D eigenvalue weighted by atomic mass is 9.89. The summed E-state index contributed by atoms with van der Waals surface area (Å²) in [6, 6.07) is 41.3. The molecule has 88 heavy (non-hydrogen) atoms. The van der Waals surface area contributed by atoms with Crippen molar-refractivity contribution in [1.29, 1.82) is 0 Å². The van der Waals surface area contributed by atoms with Crippen LogP contribution in [0, 0.1) is 23.7 Å². The fourth-order valence-electron chi connectivity index (χ4n) is 9.29. The van der Waals surface area contributed by atoms with E-state index in [1.165, 1.54) is 14.2 Å². The normalized spacial score (nSPS) is 12.7. The molecule has 18 nitrogen and oxygen atoms in total. The quantitative estimate of drug-likeness (QED) is 0.00492. The van der Waals surface area contributed by atoms with Crippen LogP contribution in [-0.2, 0) is 60.7 Å². The molecule has 0 spiro atoms. The van der Waals surface area contributed by atoms with Gasteiger partial charge in [0.15, 0.2) is 11.6 Å². The van der Waals surface area contributed by atoms with Crippen molar-refractivity contribution in [3.63, 3.8) is 0 Å². The van der Waals surface area contributed by atoms with Crippen molar-refractivity contribution in [2.45, 2.75) is 117 Å². The van der Waals surface area contributed by atoms with Crippen LogP contribution in [0.15, 0.2) is 145 Å². The number of hydrogen-bond acceptors (Lipinski definition) is 15. The molecule has 0 aromatic heterocycles. The molecule has 0 heterocycles. The number of nitrogens with one attached hydrogen (secondary N) is 3. The number of azide groups is 1. The first-order chi connectivity index (χ1) is 42.4. The molecule has 0 saturated heterocycles. The number of amides is 3. The first kappa shape index (κ1) is 74.6. The maximum atomic E-state index is 13.1. The molecule has 4 unspecified atom stereocenters. The van der Waals surface area contributed by atoms with Crippen LogP contribution in [0.2, 0.25) is 0 Å². The molecule has 3 N–H and O–H groups in total. The molecule has 0 radical (unpaired) electrons. The number of Topliss-reactive ketones (excluding diaryl/α,β-unsaturated/α-hetero) is 3. The van der Waals surface area contributed by atoms with Gasteiger partial charge in [0, 0.05) is 29.7 Å². The Morgan fingerprint density at radius 3 is 1.49 bits per heavy atom. The monoisotopic (exact) mass is 1260 g/mol. The highest BCUT2D eigenvalue weighted by molar-refractivity contribution is 7.98. The van der Waals surface area contributed by atoms with Gasteiger partial charge in [0.1, 0.15) is 23.6 Å². The Balaban J connectivity index is 0.000000352. The molecule has 3 amide bonds. The summed E-state index contributed by atoms with van der Waals surface area (Å²) >= 11 is 3.16. The van der Waals surface area contributed by atoms with Crippen LogP contribution in [0.25, 0.3) is 10.4 Å². The fraction of sp³-hybridized carbons (Fsp3) is 0.418. The second kappa shape index (κ2) is 42.3. The Kier molecular flexibility index (Phi) is 35.9. The largest absolute Gasteiger partial charge is 0.469 e. The van der Waals surface area contributed by atoms with Crippen LogP contribution < -0.4 is 36.6 Å². The van der Waals surface area contributed by atoms with Gasteiger partial charge in [-0.3, -0.25) is 38.4 Å². The van der Waals surface area contributed by atoms with E-state index in [4.69, 9.17) is 19.7 Å². The minimum Gasteiger partial charge on any atom is -0.469 e.